The van der Waals surface area contributed by atoms with E-state index < -0.39 is 5.60 Å². The molecule has 4 heteroatoms. The minimum atomic E-state index is -0.475. The van der Waals surface area contributed by atoms with Crippen molar-refractivity contribution in [2.45, 2.75) is 46.6 Å². The van der Waals surface area contributed by atoms with Gasteiger partial charge in [-0.25, -0.2) is 4.79 Å². The molecule has 0 unspecified atom stereocenters. The number of carbonyl (C=O) groups excluding carboxylic acids is 1. The monoisotopic (exact) mass is 293 g/mol. The first-order chi connectivity index (χ1) is 9.74. The Morgan fingerprint density at radius 1 is 1.29 bits per heavy atom. The van der Waals surface area contributed by atoms with Crippen LogP contribution in [0.3, 0.4) is 0 Å². The minimum Gasteiger partial charge on any atom is -0.491 e. The molecule has 0 saturated carbocycles. The number of carbonyl (C=O) groups is 1. The molecule has 0 saturated heterocycles. The molecule has 0 aromatic heterocycles. The van der Waals surface area contributed by atoms with Gasteiger partial charge in [-0.05, 0) is 45.2 Å². The first-order valence-corrected chi connectivity index (χ1v) is 7.40. The van der Waals surface area contributed by atoms with Crippen LogP contribution in [-0.2, 0) is 11.2 Å². The largest absolute Gasteiger partial charge is 0.491 e. The maximum Gasteiger partial charge on any atom is 0.410 e. The SMILES string of the molecule is CCc1cccc(C)c1OCCN(C)C(=O)OC(C)(C)C. The highest BCUT2D eigenvalue weighted by Gasteiger charge is 2.19. The van der Waals surface area contributed by atoms with Gasteiger partial charge in [0.05, 0.1) is 6.54 Å². The van der Waals surface area contributed by atoms with Crippen LogP contribution in [0.4, 0.5) is 4.79 Å². The molecule has 0 bridgehead atoms. The fraction of sp³-hybridized carbons (Fsp3) is 0.588. The topological polar surface area (TPSA) is 38.8 Å². The minimum absolute atomic E-state index is 0.327. The molecule has 1 aromatic rings. The molecule has 0 spiro atoms. The van der Waals surface area contributed by atoms with Crippen LogP contribution in [0.1, 0.15) is 38.8 Å². The van der Waals surface area contributed by atoms with Gasteiger partial charge in [-0.2, -0.15) is 0 Å². The van der Waals surface area contributed by atoms with Crippen LogP contribution in [0.5, 0.6) is 5.75 Å². The van der Waals surface area contributed by atoms with E-state index in [-0.39, 0.29) is 6.09 Å². The average molecular weight is 293 g/mol. The number of likely N-dealkylation sites (N-methyl/N-ethyl adjacent to an activating group) is 1. The van der Waals surface area contributed by atoms with E-state index in [9.17, 15) is 4.79 Å². The predicted octanol–water partition coefficient (Wildman–Crippen LogP) is 3.80. The van der Waals surface area contributed by atoms with E-state index in [4.69, 9.17) is 9.47 Å². The fourth-order valence-electron chi connectivity index (χ4n) is 1.91. The van der Waals surface area contributed by atoms with Gasteiger partial charge in [-0.15, -0.1) is 0 Å². The number of hydrogen-bond donors (Lipinski definition) is 0. The summed E-state index contributed by atoms with van der Waals surface area (Å²) in [5.74, 6) is 0.928. The normalized spacial score (nSPS) is 11.1. The summed E-state index contributed by atoms with van der Waals surface area (Å²) in [5.41, 5.74) is 1.83. The molecule has 0 aliphatic carbocycles. The molecule has 1 amide bonds. The van der Waals surface area contributed by atoms with Crippen LogP contribution in [-0.4, -0.2) is 36.8 Å². The lowest BCUT2D eigenvalue weighted by molar-refractivity contribution is 0.0278. The van der Waals surface area contributed by atoms with E-state index in [0.29, 0.717) is 13.2 Å². The van der Waals surface area contributed by atoms with E-state index in [2.05, 4.69) is 13.0 Å². The standard InChI is InChI=1S/C17H27NO3/c1-7-14-10-8-9-13(2)15(14)20-12-11-18(6)16(19)21-17(3,4)5/h8-10H,7,11-12H2,1-6H3. The van der Waals surface area contributed by atoms with Gasteiger partial charge < -0.3 is 14.4 Å². The van der Waals surface area contributed by atoms with Crippen molar-refractivity contribution < 1.29 is 14.3 Å². The Labute approximate surface area is 128 Å². The zero-order valence-electron chi connectivity index (χ0n) is 14.0. The van der Waals surface area contributed by atoms with Crippen LogP contribution >= 0.6 is 0 Å². The smallest absolute Gasteiger partial charge is 0.410 e. The summed E-state index contributed by atoms with van der Waals surface area (Å²) >= 11 is 0. The molecule has 0 N–H and O–H groups in total. The Morgan fingerprint density at radius 2 is 1.95 bits per heavy atom. The maximum atomic E-state index is 11.8. The first kappa shape index (κ1) is 17.3. The van der Waals surface area contributed by atoms with Crippen molar-refractivity contribution in [2.75, 3.05) is 20.2 Å². The lowest BCUT2D eigenvalue weighted by atomic mass is 10.1. The first-order valence-electron chi connectivity index (χ1n) is 7.40. The van der Waals surface area contributed by atoms with Gasteiger partial charge >= 0.3 is 6.09 Å². The number of ether oxygens (including phenoxy) is 2. The van der Waals surface area contributed by atoms with Crippen molar-refractivity contribution in [3.63, 3.8) is 0 Å². The zero-order chi connectivity index (χ0) is 16.0. The number of para-hydroxylation sites is 1. The summed E-state index contributed by atoms with van der Waals surface area (Å²) in [6.45, 7) is 10.7. The summed E-state index contributed by atoms with van der Waals surface area (Å²) in [7, 11) is 1.72. The summed E-state index contributed by atoms with van der Waals surface area (Å²) in [6.07, 6.45) is 0.602. The third kappa shape index (κ3) is 5.66. The molecule has 0 aliphatic rings. The van der Waals surface area contributed by atoms with Crippen LogP contribution in [0.2, 0.25) is 0 Å². The Hall–Kier alpha value is -1.71. The Morgan fingerprint density at radius 3 is 2.52 bits per heavy atom. The molecular weight excluding hydrogens is 266 g/mol. The highest BCUT2D eigenvalue weighted by Crippen LogP contribution is 2.23. The van der Waals surface area contributed by atoms with E-state index >= 15 is 0 Å². The Bertz CT molecular complexity index is 477. The van der Waals surface area contributed by atoms with Gasteiger partial charge in [0.15, 0.2) is 0 Å². The third-order valence-corrected chi connectivity index (χ3v) is 3.05. The molecule has 0 fully saturated rings. The van der Waals surface area contributed by atoms with Crippen molar-refractivity contribution in [1.82, 2.24) is 4.90 Å². The van der Waals surface area contributed by atoms with Crippen molar-refractivity contribution in [3.05, 3.63) is 29.3 Å². The zero-order valence-corrected chi connectivity index (χ0v) is 14.0. The quantitative estimate of drug-likeness (QED) is 0.828. The molecule has 1 rings (SSSR count). The number of hydrogen-bond acceptors (Lipinski definition) is 3. The molecule has 0 aliphatic heterocycles. The van der Waals surface area contributed by atoms with E-state index in [1.807, 2.05) is 39.8 Å². The van der Waals surface area contributed by atoms with E-state index in [1.54, 1.807) is 7.05 Å². The van der Waals surface area contributed by atoms with Gasteiger partial charge in [0.2, 0.25) is 0 Å². The Balaban J connectivity index is 2.52. The second kappa shape index (κ2) is 7.34. The molecule has 1 aromatic carbocycles. The van der Waals surface area contributed by atoms with E-state index in [1.165, 1.54) is 10.5 Å². The van der Waals surface area contributed by atoms with Crippen LogP contribution in [0.25, 0.3) is 0 Å². The van der Waals surface area contributed by atoms with Gasteiger partial charge in [0.1, 0.15) is 18.0 Å². The van der Waals surface area contributed by atoms with E-state index in [0.717, 1.165) is 17.7 Å². The molecule has 118 valence electrons. The summed E-state index contributed by atoms with van der Waals surface area (Å²) in [6, 6.07) is 6.14. The maximum absolute atomic E-state index is 11.8. The number of aryl methyl sites for hydroxylation is 2. The molecule has 0 atom stereocenters. The highest BCUT2D eigenvalue weighted by molar-refractivity contribution is 5.67. The van der Waals surface area contributed by atoms with Crippen LogP contribution < -0.4 is 4.74 Å². The van der Waals surface area contributed by atoms with Crippen molar-refractivity contribution in [1.29, 1.82) is 0 Å². The van der Waals surface area contributed by atoms with Gasteiger partial charge in [-0.1, -0.05) is 25.1 Å². The van der Waals surface area contributed by atoms with Crippen LogP contribution in [0, 0.1) is 6.92 Å². The molecular formula is C17H27NO3. The fourth-order valence-corrected chi connectivity index (χ4v) is 1.91. The lowest BCUT2D eigenvalue weighted by Gasteiger charge is -2.24. The second-order valence-corrected chi connectivity index (χ2v) is 6.17. The van der Waals surface area contributed by atoms with Crippen molar-refractivity contribution >= 4 is 6.09 Å². The van der Waals surface area contributed by atoms with Crippen molar-refractivity contribution in [3.8, 4) is 5.75 Å². The summed E-state index contributed by atoms with van der Waals surface area (Å²) < 4.78 is 11.2. The molecule has 4 nitrogen and oxygen atoms in total. The number of amides is 1. The number of rotatable bonds is 5. The average Bonchev–Trinajstić information content (AvgIpc) is 2.38. The van der Waals surface area contributed by atoms with Gasteiger partial charge in [0, 0.05) is 7.05 Å². The third-order valence-electron chi connectivity index (χ3n) is 3.05. The van der Waals surface area contributed by atoms with Crippen molar-refractivity contribution in [2.24, 2.45) is 0 Å². The van der Waals surface area contributed by atoms with Gasteiger partial charge in [0.25, 0.3) is 0 Å². The number of nitrogens with zero attached hydrogens (tertiary/aromatic N) is 1. The molecule has 0 radical (unpaired) electrons. The van der Waals surface area contributed by atoms with Crippen LogP contribution in [0.15, 0.2) is 18.2 Å². The predicted molar refractivity (Wildman–Crippen MR) is 84.9 cm³/mol. The lowest BCUT2D eigenvalue weighted by Crippen LogP contribution is -2.36. The Kier molecular flexibility index (Phi) is 6.06. The molecule has 21 heavy (non-hydrogen) atoms. The number of benzene rings is 1. The van der Waals surface area contributed by atoms with Gasteiger partial charge in [-0.3, -0.25) is 0 Å². The molecule has 0 heterocycles. The second-order valence-electron chi connectivity index (χ2n) is 6.17. The summed E-state index contributed by atoms with van der Waals surface area (Å²) in [4.78, 5) is 13.4. The highest BCUT2D eigenvalue weighted by atomic mass is 16.6. The summed E-state index contributed by atoms with van der Waals surface area (Å²) in [5, 5.41) is 0.